The molecule has 64 valence electrons. The van der Waals surface area contributed by atoms with Crippen LogP contribution < -0.4 is 0 Å². The smallest absolute Gasteiger partial charge is 0.186 e. The molecular formula is C6H10O5. The Balaban J connectivity index is 2.16. The minimum Gasteiger partial charge on any atom is -0.387 e. The van der Waals surface area contributed by atoms with Gasteiger partial charge in [-0.25, -0.2) is 0 Å². The molecule has 2 bridgehead atoms. The van der Waals surface area contributed by atoms with Crippen LogP contribution in [0.3, 0.4) is 0 Å². The van der Waals surface area contributed by atoms with Crippen molar-refractivity contribution < 1.29 is 24.8 Å². The Kier molecular flexibility index (Phi) is 1.62. The van der Waals surface area contributed by atoms with E-state index in [1.54, 1.807) is 0 Å². The van der Waals surface area contributed by atoms with Crippen molar-refractivity contribution in [3.8, 4) is 0 Å². The second-order valence-corrected chi connectivity index (χ2v) is 2.85. The van der Waals surface area contributed by atoms with Crippen molar-refractivity contribution in [2.45, 2.75) is 30.7 Å². The summed E-state index contributed by atoms with van der Waals surface area (Å²) in [4.78, 5) is 0. The fourth-order valence-electron chi connectivity index (χ4n) is 1.38. The van der Waals surface area contributed by atoms with Crippen LogP contribution in [0.4, 0.5) is 0 Å². The summed E-state index contributed by atoms with van der Waals surface area (Å²) in [6, 6.07) is 0. The van der Waals surface area contributed by atoms with Gasteiger partial charge in [0, 0.05) is 0 Å². The number of hydrogen-bond acceptors (Lipinski definition) is 5. The number of ether oxygens (including phenoxy) is 2. The van der Waals surface area contributed by atoms with E-state index in [4.69, 9.17) is 14.6 Å². The lowest BCUT2D eigenvalue weighted by Crippen LogP contribution is -2.53. The second-order valence-electron chi connectivity index (χ2n) is 2.85. The molecule has 0 aromatic heterocycles. The van der Waals surface area contributed by atoms with E-state index in [1.807, 2.05) is 0 Å². The van der Waals surface area contributed by atoms with Gasteiger partial charge in [0.15, 0.2) is 6.29 Å². The summed E-state index contributed by atoms with van der Waals surface area (Å²) in [5.74, 6) is 0. The highest BCUT2D eigenvalue weighted by molar-refractivity contribution is 4.92. The van der Waals surface area contributed by atoms with Crippen LogP contribution in [0.2, 0.25) is 0 Å². The van der Waals surface area contributed by atoms with Crippen molar-refractivity contribution in [2.24, 2.45) is 0 Å². The molecule has 0 aromatic rings. The SMILES string of the molecule is O[C@H]1[C@H](O)[C@H]2OC[C@@H](O2)[C@@H]1O. The Hall–Kier alpha value is -0.200. The molecule has 3 N–H and O–H groups in total. The van der Waals surface area contributed by atoms with Crippen LogP contribution in [0.25, 0.3) is 0 Å². The lowest BCUT2D eigenvalue weighted by molar-refractivity contribution is -0.228. The van der Waals surface area contributed by atoms with Gasteiger partial charge in [0.05, 0.1) is 6.61 Å². The molecule has 2 fully saturated rings. The average Bonchev–Trinajstić information content (AvgIpc) is 2.44. The van der Waals surface area contributed by atoms with E-state index in [1.165, 1.54) is 0 Å². The van der Waals surface area contributed by atoms with E-state index in [0.29, 0.717) is 0 Å². The first-order valence-corrected chi connectivity index (χ1v) is 3.51. The van der Waals surface area contributed by atoms with Gasteiger partial charge in [0.25, 0.3) is 0 Å². The van der Waals surface area contributed by atoms with E-state index >= 15 is 0 Å². The van der Waals surface area contributed by atoms with Crippen molar-refractivity contribution in [1.82, 2.24) is 0 Å². The highest BCUT2D eigenvalue weighted by atomic mass is 16.7. The maximum absolute atomic E-state index is 9.22. The lowest BCUT2D eigenvalue weighted by Gasteiger charge is -2.32. The van der Waals surface area contributed by atoms with Crippen molar-refractivity contribution in [3.05, 3.63) is 0 Å². The number of rotatable bonds is 0. The lowest BCUT2D eigenvalue weighted by atomic mass is 10.0. The third-order valence-corrected chi connectivity index (χ3v) is 2.09. The fourth-order valence-corrected chi connectivity index (χ4v) is 1.38. The molecule has 0 aromatic carbocycles. The van der Waals surface area contributed by atoms with Crippen LogP contribution in [-0.2, 0) is 9.47 Å². The third-order valence-electron chi connectivity index (χ3n) is 2.09. The molecule has 0 saturated carbocycles. The second kappa shape index (κ2) is 2.40. The third kappa shape index (κ3) is 0.969. The highest BCUT2D eigenvalue weighted by Crippen LogP contribution is 2.27. The van der Waals surface area contributed by atoms with Crippen LogP contribution in [0.5, 0.6) is 0 Å². The molecule has 0 amide bonds. The summed E-state index contributed by atoms with van der Waals surface area (Å²) in [6.07, 6.45) is -4.58. The number of hydrogen-bond donors (Lipinski definition) is 3. The molecular weight excluding hydrogens is 152 g/mol. The fraction of sp³-hybridized carbons (Fsp3) is 1.00. The highest BCUT2D eigenvalue weighted by Gasteiger charge is 2.48. The largest absolute Gasteiger partial charge is 0.387 e. The minimum atomic E-state index is -1.15. The molecule has 2 aliphatic heterocycles. The standard InChI is InChI=1S/C6H10O5/c7-3-2-1-10-6(11-2)5(9)4(3)8/h2-9H,1H2/t2-,3+,4-,5+,6+/m1/s1. The molecule has 0 unspecified atom stereocenters. The first-order chi connectivity index (χ1) is 5.20. The summed E-state index contributed by atoms with van der Waals surface area (Å²) in [5, 5.41) is 27.6. The maximum Gasteiger partial charge on any atom is 0.186 e. The Morgan fingerprint density at radius 3 is 2.45 bits per heavy atom. The molecule has 0 radical (unpaired) electrons. The Bertz CT molecular complexity index is 141. The zero-order chi connectivity index (χ0) is 8.01. The normalized spacial score (nSPS) is 56.5. The first kappa shape index (κ1) is 7.45. The molecule has 11 heavy (non-hydrogen) atoms. The van der Waals surface area contributed by atoms with Gasteiger partial charge < -0.3 is 24.8 Å². The van der Waals surface area contributed by atoms with Crippen LogP contribution in [0.15, 0.2) is 0 Å². The van der Waals surface area contributed by atoms with Crippen LogP contribution in [0.1, 0.15) is 0 Å². The number of aliphatic hydroxyl groups is 3. The topological polar surface area (TPSA) is 79.2 Å². The van der Waals surface area contributed by atoms with Crippen molar-refractivity contribution in [3.63, 3.8) is 0 Å². The number of fused-ring (bicyclic) bond motifs is 2. The molecule has 5 heteroatoms. The summed E-state index contributed by atoms with van der Waals surface area (Å²) in [5.41, 5.74) is 0. The molecule has 2 rings (SSSR count). The zero-order valence-corrected chi connectivity index (χ0v) is 5.75. The molecule has 2 saturated heterocycles. The summed E-state index contributed by atoms with van der Waals surface area (Å²) in [6.45, 7) is 0.236. The van der Waals surface area contributed by atoms with Crippen LogP contribution in [0, 0.1) is 0 Å². The van der Waals surface area contributed by atoms with Gasteiger partial charge >= 0.3 is 0 Å². The number of aliphatic hydroxyl groups excluding tert-OH is 3. The molecule has 5 nitrogen and oxygen atoms in total. The summed E-state index contributed by atoms with van der Waals surface area (Å²) < 4.78 is 9.95. The van der Waals surface area contributed by atoms with Gasteiger partial charge in [0.2, 0.25) is 0 Å². The molecule has 0 aliphatic carbocycles. The summed E-state index contributed by atoms with van der Waals surface area (Å²) >= 11 is 0. The average molecular weight is 162 g/mol. The monoisotopic (exact) mass is 162 g/mol. The molecule has 2 aliphatic rings. The molecule has 2 heterocycles. The van der Waals surface area contributed by atoms with E-state index in [-0.39, 0.29) is 6.61 Å². The summed E-state index contributed by atoms with van der Waals surface area (Å²) in [7, 11) is 0. The quantitative estimate of drug-likeness (QED) is 0.377. The first-order valence-electron chi connectivity index (χ1n) is 3.51. The Morgan fingerprint density at radius 1 is 1.00 bits per heavy atom. The molecule has 5 atom stereocenters. The minimum absolute atomic E-state index is 0.236. The maximum atomic E-state index is 9.22. The van der Waals surface area contributed by atoms with Gasteiger partial charge in [-0.1, -0.05) is 0 Å². The van der Waals surface area contributed by atoms with Gasteiger partial charge in [-0.15, -0.1) is 0 Å². The Morgan fingerprint density at radius 2 is 1.73 bits per heavy atom. The van der Waals surface area contributed by atoms with E-state index in [0.717, 1.165) is 0 Å². The van der Waals surface area contributed by atoms with E-state index in [2.05, 4.69) is 0 Å². The van der Waals surface area contributed by atoms with E-state index in [9.17, 15) is 10.2 Å². The van der Waals surface area contributed by atoms with E-state index < -0.39 is 30.7 Å². The van der Waals surface area contributed by atoms with Gasteiger partial charge in [0.1, 0.15) is 24.4 Å². The predicted molar refractivity (Wildman–Crippen MR) is 32.6 cm³/mol. The van der Waals surface area contributed by atoms with Gasteiger partial charge in [-0.2, -0.15) is 0 Å². The van der Waals surface area contributed by atoms with Crippen LogP contribution in [-0.4, -0.2) is 52.6 Å². The van der Waals surface area contributed by atoms with Crippen molar-refractivity contribution in [2.75, 3.05) is 6.61 Å². The van der Waals surface area contributed by atoms with Crippen LogP contribution >= 0.6 is 0 Å². The van der Waals surface area contributed by atoms with Crippen molar-refractivity contribution in [1.29, 1.82) is 0 Å². The zero-order valence-electron chi connectivity index (χ0n) is 5.75. The van der Waals surface area contributed by atoms with Gasteiger partial charge in [-0.3, -0.25) is 0 Å². The van der Waals surface area contributed by atoms with Crippen molar-refractivity contribution >= 4 is 0 Å². The van der Waals surface area contributed by atoms with Gasteiger partial charge in [-0.05, 0) is 0 Å². The molecule has 0 spiro atoms. The Labute approximate surface area is 63.2 Å². The predicted octanol–water partition coefficient (Wildman–Crippen LogP) is -2.18.